The minimum atomic E-state index is -0.392. The van der Waals surface area contributed by atoms with E-state index in [1.165, 1.54) is 11.8 Å². The van der Waals surface area contributed by atoms with E-state index in [0.717, 1.165) is 18.7 Å². The summed E-state index contributed by atoms with van der Waals surface area (Å²) in [5.74, 6) is 0.0537. The van der Waals surface area contributed by atoms with Gasteiger partial charge in [-0.15, -0.1) is 5.10 Å². The Labute approximate surface area is 165 Å². The number of nitrogens with zero attached hydrogens (tertiary/aromatic N) is 3. The Bertz CT molecular complexity index is 778. The Morgan fingerprint density at radius 2 is 2.00 bits per heavy atom. The molecule has 1 unspecified atom stereocenters. The van der Waals surface area contributed by atoms with Crippen molar-refractivity contribution < 1.29 is 13.9 Å². The molecular weight excluding hydrogens is 396 g/mol. The molecule has 0 radical (unpaired) electrons. The van der Waals surface area contributed by atoms with Crippen LogP contribution in [0.5, 0.6) is 0 Å². The monoisotopic (exact) mass is 412 g/mol. The number of amides is 1. The Morgan fingerprint density at radius 3 is 2.69 bits per heavy atom. The van der Waals surface area contributed by atoms with Crippen LogP contribution >= 0.6 is 35.6 Å². The van der Waals surface area contributed by atoms with Gasteiger partial charge in [-0.05, 0) is 31.2 Å². The molecule has 1 amide bonds. The van der Waals surface area contributed by atoms with E-state index in [0.29, 0.717) is 28.4 Å². The number of ether oxygens (including phenoxy) is 1. The topological polar surface area (TPSA) is 80.5 Å². The highest BCUT2D eigenvalue weighted by Gasteiger charge is 2.22. The fourth-order valence-corrected chi connectivity index (χ4v) is 3.76. The predicted molar refractivity (Wildman–Crippen MR) is 105 cm³/mol. The molecule has 1 aliphatic heterocycles. The molecule has 2 aromatic rings. The van der Waals surface area contributed by atoms with Crippen LogP contribution in [0, 0.1) is 0 Å². The largest absolute Gasteiger partial charge is 0.403 e. The zero-order valence-electron chi connectivity index (χ0n) is 14.0. The fraction of sp³-hybridized carbons (Fsp3) is 0.375. The molecule has 1 atom stereocenters. The van der Waals surface area contributed by atoms with Crippen LogP contribution in [0.25, 0.3) is 11.5 Å². The van der Waals surface area contributed by atoms with Gasteiger partial charge in [-0.2, -0.15) is 0 Å². The summed E-state index contributed by atoms with van der Waals surface area (Å²) in [4.78, 5) is 14.4. The SMILES string of the molecule is CC(SC(=S)N1CCOCC1)C(=O)Nc1nnc(-c2ccc(Cl)cc2)o1. The lowest BCUT2D eigenvalue weighted by Gasteiger charge is -2.29. The summed E-state index contributed by atoms with van der Waals surface area (Å²) in [7, 11) is 0. The Morgan fingerprint density at radius 1 is 1.31 bits per heavy atom. The molecule has 1 aromatic heterocycles. The molecule has 10 heteroatoms. The Kier molecular flexibility index (Phi) is 6.47. The van der Waals surface area contributed by atoms with E-state index >= 15 is 0 Å². The molecule has 7 nitrogen and oxygen atoms in total. The van der Waals surface area contributed by atoms with Crippen molar-refractivity contribution in [3.05, 3.63) is 29.3 Å². The molecule has 0 bridgehead atoms. The third kappa shape index (κ3) is 4.94. The van der Waals surface area contributed by atoms with E-state index in [-0.39, 0.29) is 11.9 Å². The van der Waals surface area contributed by atoms with Gasteiger partial charge in [-0.3, -0.25) is 10.1 Å². The number of thiocarbonyl (C=S) groups is 1. The molecule has 0 aliphatic carbocycles. The second-order valence-corrected chi connectivity index (χ2v) is 7.94. The van der Waals surface area contributed by atoms with Crippen LogP contribution in [0.2, 0.25) is 5.02 Å². The molecule has 1 aromatic carbocycles. The van der Waals surface area contributed by atoms with Gasteiger partial charge in [0.15, 0.2) is 0 Å². The number of rotatable bonds is 4. The van der Waals surface area contributed by atoms with E-state index in [1.807, 2.05) is 4.90 Å². The van der Waals surface area contributed by atoms with Crippen LogP contribution in [-0.4, -0.2) is 56.9 Å². The lowest BCUT2D eigenvalue weighted by molar-refractivity contribution is -0.115. The second kappa shape index (κ2) is 8.81. The lowest BCUT2D eigenvalue weighted by Crippen LogP contribution is -2.39. The maximum atomic E-state index is 12.3. The molecule has 3 rings (SSSR count). The first kappa shape index (κ1) is 19.1. The van der Waals surface area contributed by atoms with Crippen LogP contribution in [0.3, 0.4) is 0 Å². The molecule has 1 N–H and O–H groups in total. The summed E-state index contributed by atoms with van der Waals surface area (Å²) in [6.45, 7) is 4.57. The minimum absolute atomic E-state index is 0.0460. The number of halogens is 1. The predicted octanol–water partition coefficient (Wildman–Crippen LogP) is 3.07. The highest BCUT2D eigenvalue weighted by Crippen LogP contribution is 2.23. The van der Waals surface area contributed by atoms with Gasteiger partial charge >= 0.3 is 6.01 Å². The number of morpholine rings is 1. The van der Waals surface area contributed by atoms with Crippen molar-refractivity contribution in [2.45, 2.75) is 12.2 Å². The second-order valence-electron chi connectivity index (χ2n) is 5.53. The van der Waals surface area contributed by atoms with Gasteiger partial charge in [0.05, 0.1) is 18.5 Å². The standard InChI is InChI=1S/C16H17ClN4O3S2/c1-10(26-16(25)21-6-8-23-9-7-21)13(22)18-15-20-19-14(24-15)11-2-4-12(17)5-3-11/h2-5,10H,6-9H2,1H3,(H,18,20,22). The summed E-state index contributed by atoms with van der Waals surface area (Å²) in [5, 5.41) is 10.6. The Hall–Kier alpha value is -1.68. The zero-order chi connectivity index (χ0) is 18.5. The quantitative estimate of drug-likeness (QED) is 0.767. The highest BCUT2D eigenvalue weighted by molar-refractivity contribution is 8.23. The normalized spacial score (nSPS) is 15.5. The van der Waals surface area contributed by atoms with Gasteiger partial charge in [-0.25, -0.2) is 0 Å². The van der Waals surface area contributed by atoms with Crippen LogP contribution in [0.15, 0.2) is 28.7 Å². The number of hydrogen-bond acceptors (Lipinski definition) is 7. The van der Waals surface area contributed by atoms with Crippen molar-refractivity contribution in [3.63, 3.8) is 0 Å². The number of thioether (sulfide) groups is 1. The molecule has 1 saturated heterocycles. The summed E-state index contributed by atoms with van der Waals surface area (Å²) >= 11 is 12.6. The summed E-state index contributed by atoms with van der Waals surface area (Å²) in [6.07, 6.45) is 0. The number of benzene rings is 1. The van der Waals surface area contributed by atoms with Gasteiger partial charge in [0, 0.05) is 23.7 Å². The smallest absolute Gasteiger partial charge is 0.322 e. The van der Waals surface area contributed by atoms with Crippen molar-refractivity contribution >= 4 is 51.8 Å². The molecule has 1 fully saturated rings. The first-order valence-electron chi connectivity index (χ1n) is 7.96. The number of hydrogen-bond donors (Lipinski definition) is 1. The van der Waals surface area contributed by atoms with Crippen molar-refractivity contribution in [2.24, 2.45) is 0 Å². The average Bonchev–Trinajstić information content (AvgIpc) is 3.11. The maximum absolute atomic E-state index is 12.3. The van der Waals surface area contributed by atoms with E-state index in [2.05, 4.69) is 15.5 Å². The van der Waals surface area contributed by atoms with Crippen molar-refractivity contribution in [2.75, 3.05) is 31.6 Å². The van der Waals surface area contributed by atoms with Gasteiger partial charge in [0.2, 0.25) is 11.8 Å². The van der Waals surface area contributed by atoms with E-state index in [1.54, 1.807) is 31.2 Å². The van der Waals surface area contributed by atoms with Crippen molar-refractivity contribution in [3.8, 4) is 11.5 Å². The maximum Gasteiger partial charge on any atom is 0.322 e. The van der Waals surface area contributed by atoms with Crippen LogP contribution in [-0.2, 0) is 9.53 Å². The molecule has 26 heavy (non-hydrogen) atoms. The van der Waals surface area contributed by atoms with Gasteiger partial charge in [0.1, 0.15) is 4.32 Å². The average molecular weight is 413 g/mol. The third-order valence-corrected chi connectivity index (χ3v) is 5.49. The van der Waals surface area contributed by atoms with Crippen molar-refractivity contribution in [1.29, 1.82) is 0 Å². The van der Waals surface area contributed by atoms with Crippen molar-refractivity contribution in [1.82, 2.24) is 15.1 Å². The van der Waals surface area contributed by atoms with Crippen LogP contribution < -0.4 is 5.32 Å². The lowest BCUT2D eigenvalue weighted by atomic mass is 10.2. The van der Waals surface area contributed by atoms with E-state index < -0.39 is 5.25 Å². The zero-order valence-corrected chi connectivity index (χ0v) is 16.4. The number of nitrogens with one attached hydrogen (secondary N) is 1. The molecule has 1 aliphatic rings. The molecule has 0 saturated carbocycles. The molecular formula is C16H17ClN4O3S2. The van der Waals surface area contributed by atoms with Crippen LogP contribution in [0.1, 0.15) is 6.92 Å². The minimum Gasteiger partial charge on any atom is -0.403 e. The number of carbonyl (C=O) groups excluding carboxylic acids is 1. The third-order valence-electron chi connectivity index (χ3n) is 3.66. The summed E-state index contributed by atoms with van der Waals surface area (Å²) < 4.78 is 11.5. The Balaban J connectivity index is 1.55. The van der Waals surface area contributed by atoms with E-state index in [9.17, 15) is 4.79 Å². The molecule has 0 spiro atoms. The summed E-state index contributed by atoms with van der Waals surface area (Å²) in [6, 6.07) is 7.03. The van der Waals surface area contributed by atoms with Crippen LogP contribution in [0.4, 0.5) is 6.01 Å². The first-order valence-corrected chi connectivity index (χ1v) is 9.63. The van der Waals surface area contributed by atoms with Gasteiger partial charge < -0.3 is 14.1 Å². The number of carbonyl (C=O) groups is 1. The molecule has 138 valence electrons. The fourth-order valence-electron chi connectivity index (χ4n) is 2.22. The van der Waals surface area contributed by atoms with Gasteiger partial charge in [0.25, 0.3) is 0 Å². The van der Waals surface area contributed by atoms with Gasteiger partial charge in [-0.1, -0.05) is 40.7 Å². The number of anilines is 1. The van der Waals surface area contributed by atoms with E-state index in [4.69, 9.17) is 33.0 Å². The number of aromatic nitrogens is 2. The highest BCUT2D eigenvalue weighted by atomic mass is 35.5. The summed E-state index contributed by atoms with van der Waals surface area (Å²) in [5.41, 5.74) is 0.721. The first-order chi connectivity index (χ1) is 12.5. The molecule has 2 heterocycles.